The Kier molecular flexibility index (Phi) is 5.01. The average molecular weight is 406 g/mol. The molecule has 0 bridgehead atoms. The number of alkyl halides is 2. The number of carbonyl (C=O) groups excluding carboxylic acids is 1. The van der Waals surface area contributed by atoms with Gasteiger partial charge in [0.15, 0.2) is 0 Å². The van der Waals surface area contributed by atoms with Gasteiger partial charge in [-0.2, -0.15) is 8.78 Å². The molecule has 1 aromatic heterocycles. The Hall–Kier alpha value is -3.27. The number of hydrazine groups is 1. The molecule has 0 saturated heterocycles. The molecular weight excluding hydrogens is 392 g/mol. The molecule has 0 unspecified atom stereocenters. The van der Waals surface area contributed by atoms with Crippen LogP contribution < -0.4 is 5.43 Å². The number of hydrogen-bond acceptors (Lipinski definition) is 5. The molecule has 1 aliphatic rings. The highest BCUT2D eigenvalue weighted by molar-refractivity contribution is 5.99. The molecule has 2 aromatic carbocycles. The minimum Gasteiger partial charge on any atom is -0.415 e. The summed E-state index contributed by atoms with van der Waals surface area (Å²) in [5, 5.41) is 8.22. The summed E-state index contributed by atoms with van der Waals surface area (Å²) in [6, 6.07) is 8.12. The lowest BCUT2D eigenvalue weighted by Crippen LogP contribution is -2.39. The van der Waals surface area contributed by atoms with Crippen LogP contribution in [0.5, 0.6) is 0 Å². The highest BCUT2D eigenvalue weighted by Gasteiger charge is 2.28. The van der Waals surface area contributed by atoms with Crippen LogP contribution in [-0.2, 0) is 13.0 Å². The first-order valence-corrected chi connectivity index (χ1v) is 8.66. The maximum absolute atomic E-state index is 13.7. The largest absolute Gasteiger partial charge is 0.415 e. The van der Waals surface area contributed by atoms with Crippen LogP contribution in [-0.4, -0.2) is 27.7 Å². The fourth-order valence-corrected chi connectivity index (χ4v) is 3.05. The fraction of sp³-hybridized carbons (Fsp3) is 0.211. The summed E-state index contributed by atoms with van der Waals surface area (Å²) >= 11 is 0. The Labute approximate surface area is 162 Å². The standard InChI is InChI=1S/C19H14F4N4O2/c20-13-4-3-10(15(21)8-13)5-6-24-27-9-12-2-1-11(7-14(12)19(27)28)17-25-26-18(29-17)16(22)23/h1-4,7-8,16,24H,5-6,9H2. The van der Waals surface area contributed by atoms with Gasteiger partial charge in [-0.1, -0.05) is 12.1 Å². The number of fused-ring (bicyclic) bond motifs is 1. The van der Waals surface area contributed by atoms with E-state index in [9.17, 15) is 22.4 Å². The third-order valence-electron chi connectivity index (χ3n) is 4.50. The number of nitrogens with one attached hydrogen (secondary N) is 1. The fourth-order valence-electron chi connectivity index (χ4n) is 3.05. The zero-order chi connectivity index (χ0) is 20.5. The van der Waals surface area contributed by atoms with Crippen molar-refractivity contribution in [3.63, 3.8) is 0 Å². The summed E-state index contributed by atoms with van der Waals surface area (Å²) in [7, 11) is 0. The van der Waals surface area contributed by atoms with E-state index in [0.29, 0.717) is 16.7 Å². The summed E-state index contributed by atoms with van der Waals surface area (Å²) in [6.45, 7) is 0.545. The Bertz CT molecular complexity index is 1070. The molecule has 0 saturated carbocycles. The van der Waals surface area contributed by atoms with Crippen molar-refractivity contribution >= 4 is 5.91 Å². The molecule has 0 atom stereocenters. The molecule has 0 fully saturated rings. The minimum absolute atomic E-state index is 0.103. The molecule has 29 heavy (non-hydrogen) atoms. The van der Waals surface area contributed by atoms with Crippen LogP contribution in [0.15, 0.2) is 40.8 Å². The molecule has 1 N–H and O–H groups in total. The SMILES string of the molecule is O=C1c2cc(-c3nnc(C(F)F)o3)ccc2CN1NCCc1ccc(F)cc1F. The van der Waals surface area contributed by atoms with Crippen molar-refractivity contribution in [2.75, 3.05) is 6.54 Å². The number of rotatable bonds is 6. The van der Waals surface area contributed by atoms with E-state index in [1.54, 1.807) is 12.1 Å². The monoisotopic (exact) mass is 406 g/mol. The molecule has 0 spiro atoms. The summed E-state index contributed by atoms with van der Waals surface area (Å²) in [4.78, 5) is 12.6. The Morgan fingerprint density at radius 1 is 1.14 bits per heavy atom. The van der Waals surface area contributed by atoms with E-state index in [0.717, 1.165) is 11.6 Å². The zero-order valence-corrected chi connectivity index (χ0v) is 14.8. The summed E-state index contributed by atoms with van der Waals surface area (Å²) in [6.07, 6.45) is -2.62. The molecule has 0 aliphatic carbocycles. The molecule has 3 aromatic rings. The first-order chi connectivity index (χ1) is 13.9. The van der Waals surface area contributed by atoms with Gasteiger partial charge in [0.05, 0.1) is 6.54 Å². The van der Waals surface area contributed by atoms with Gasteiger partial charge in [-0.15, -0.1) is 10.2 Å². The van der Waals surface area contributed by atoms with Crippen molar-refractivity contribution < 1.29 is 26.8 Å². The molecule has 150 valence electrons. The highest BCUT2D eigenvalue weighted by Crippen LogP contribution is 2.28. The van der Waals surface area contributed by atoms with Crippen molar-refractivity contribution in [3.05, 3.63) is 70.6 Å². The second-order valence-electron chi connectivity index (χ2n) is 6.40. The van der Waals surface area contributed by atoms with Gasteiger partial charge in [0.25, 0.3) is 11.8 Å². The quantitative estimate of drug-likeness (QED) is 0.633. The lowest BCUT2D eigenvalue weighted by atomic mass is 10.1. The van der Waals surface area contributed by atoms with Gasteiger partial charge in [0.2, 0.25) is 5.89 Å². The summed E-state index contributed by atoms with van der Waals surface area (Å²) < 4.78 is 56.8. The first-order valence-electron chi connectivity index (χ1n) is 8.66. The van der Waals surface area contributed by atoms with Gasteiger partial charge in [0.1, 0.15) is 11.6 Å². The molecule has 6 nitrogen and oxygen atoms in total. The maximum Gasteiger partial charge on any atom is 0.314 e. The Morgan fingerprint density at radius 2 is 1.97 bits per heavy atom. The van der Waals surface area contributed by atoms with Crippen LogP contribution in [0, 0.1) is 11.6 Å². The molecule has 10 heteroatoms. The van der Waals surface area contributed by atoms with Crippen molar-refractivity contribution in [2.24, 2.45) is 0 Å². The third kappa shape index (κ3) is 3.83. The topological polar surface area (TPSA) is 71.3 Å². The number of halogens is 4. The minimum atomic E-state index is -2.88. The predicted octanol–water partition coefficient (Wildman–Crippen LogP) is 3.66. The normalized spacial score (nSPS) is 13.4. The van der Waals surface area contributed by atoms with Crippen LogP contribution >= 0.6 is 0 Å². The van der Waals surface area contributed by atoms with E-state index in [2.05, 4.69) is 15.6 Å². The van der Waals surface area contributed by atoms with Crippen LogP contribution in [0.1, 0.15) is 33.8 Å². The van der Waals surface area contributed by atoms with Gasteiger partial charge in [-0.3, -0.25) is 9.80 Å². The van der Waals surface area contributed by atoms with Crippen LogP contribution in [0.2, 0.25) is 0 Å². The van der Waals surface area contributed by atoms with E-state index < -0.39 is 24.0 Å². The van der Waals surface area contributed by atoms with E-state index in [1.807, 2.05) is 0 Å². The Balaban J connectivity index is 1.43. The molecule has 0 radical (unpaired) electrons. The molecule has 2 heterocycles. The first kappa shape index (κ1) is 19.1. The molecule has 4 rings (SSSR count). The van der Waals surface area contributed by atoms with Gasteiger partial charge >= 0.3 is 6.43 Å². The van der Waals surface area contributed by atoms with Gasteiger partial charge in [-0.25, -0.2) is 14.2 Å². The lowest BCUT2D eigenvalue weighted by Gasteiger charge is -2.17. The average Bonchev–Trinajstić information content (AvgIpc) is 3.29. The van der Waals surface area contributed by atoms with Crippen molar-refractivity contribution in [2.45, 2.75) is 19.4 Å². The van der Waals surface area contributed by atoms with Crippen LogP contribution in [0.25, 0.3) is 11.5 Å². The molecule has 1 aliphatic heterocycles. The van der Waals surface area contributed by atoms with Crippen LogP contribution in [0.4, 0.5) is 17.6 Å². The second-order valence-corrected chi connectivity index (χ2v) is 6.40. The van der Waals surface area contributed by atoms with Gasteiger partial charge < -0.3 is 4.42 Å². The van der Waals surface area contributed by atoms with Crippen molar-refractivity contribution in [3.8, 4) is 11.5 Å². The zero-order valence-electron chi connectivity index (χ0n) is 14.8. The Morgan fingerprint density at radius 3 is 2.69 bits per heavy atom. The van der Waals surface area contributed by atoms with E-state index in [4.69, 9.17) is 4.42 Å². The van der Waals surface area contributed by atoms with E-state index >= 15 is 0 Å². The molecular formula is C19H14F4N4O2. The maximum atomic E-state index is 13.7. The predicted molar refractivity (Wildman–Crippen MR) is 92.6 cm³/mol. The van der Waals surface area contributed by atoms with Crippen LogP contribution in [0.3, 0.4) is 0 Å². The van der Waals surface area contributed by atoms with Gasteiger partial charge in [0, 0.05) is 23.7 Å². The number of hydrogen-bond donors (Lipinski definition) is 1. The number of amides is 1. The number of carbonyl (C=O) groups is 1. The molecule has 1 amide bonds. The van der Waals surface area contributed by atoms with Gasteiger partial charge in [-0.05, 0) is 35.7 Å². The number of aromatic nitrogens is 2. The van der Waals surface area contributed by atoms with Crippen molar-refractivity contribution in [1.29, 1.82) is 0 Å². The summed E-state index contributed by atoms with van der Waals surface area (Å²) in [5.41, 5.74) is 4.71. The number of benzene rings is 2. The van der Waals surface area contributed by atoms with E-state index in [1.165, 1.54) is 23.2 Å². The van der Waals surface area contributed by atoms with Crippen molar-refractivity contribution in [1.82, 2.24) is 20.6 Å². The second kappa shape index (κ2) is 7.63. The lowest BCUT2D eigenvalue weighted by molar-refractivity contribution is 0.0685. The highest BCUT2D eigenvalue weighted by atomic mass is 19.3. The smallest absolute Gasteiger partial charge is 0.314 e. The third-order valence-corrected chi connectivity index (χ3v) is 4.50. The van der Waals surface area contributed by atoms with E-state index in [-0.39, 0.29) is 31.3 Å². The number of nitrogens with zero attached hydrogens (tertiary/aromatic N) is 3. The summed E-state index contributed by atoms with van der Waals surface area (Å²) in [5.74, 6) is -2.51.